The van der Waals surface area contributed by atoms with E-state index in [1.165, 1.54) is 23.1 Å². The van der Waals surface area contributed by atoms with E-state index in [0.717, 1.165) is 15.5 Å². The van der Waals surface area contributed by atoms with Gasteiger partial charge < -0.3 is 0 Å². The van der Waals surface area contributed by atoms with Gasteiger partial charge in [0, 0.05) is 10.5 Å². The molecular weight excluding hydrogens is 252 g/mol. The molecule has 0 radical (unpaired) electrons. The third-order valence-corrected chi connectivity index (χ3v) is 3.74. The highest BCUT2D eigenvalue weighted by atomic mass is 35.5. The molecule has 0 aliphatic carbocycles. The second kappa shape index (κ2) is 4.74. The highest BCUT2D eigenvalue weighted by Crippen LogP contribution is 2.30. The number of rotatable bonds is 3. The van der Waals surface area contributed by atoms with Gasteiger partial charge in [-0.1, -0.05) is 34.7 Å². The maximum Gasteiger partial charge on any atom is 0.178 e. The molecule has 15 heavy (non-hydrogen) atoms. The highest BCUT2D eigenvalue weighted by molar-refractivity contribution is 8.01. The first-order valence-corrected chi connectivity index (χ1v) is 6.06. The van der Waals surface area contributed by atoms with Gasteiger partial charge in [-0.05, 0) is 18.2 Å². The quantitative estimate of drug-likeness (QED) is 0.792. The Morgan fingerprint density at radius 3 is 2.93 bits per heavy atom. The maximum absolute atomic E-state index is 10.5. The molecule has 0 bridgehead atoms. The van der Waals surface area contributed by atoms with Gasteiger partial charge in [0.2, 0.25) is 0 Å². The number of nitrogens with zero attached hydrogens (tertiary/aromatic N) is 2. The van der Waals surface area contributed by atoms with Gasteiger partial charge in [0.15, 0.2) is 10.6 Å². The van der Waals surface area contributed by atoms with Crippen molar-refractivity contribution in [1.82, 2.24) is 10.2 Å². The summed E-state index contributed by atoms with van der Waals surface area (Å²) in [6.45, 7) is 0. The van der Waals surface area contributed by atoms with Crippen LogP contribution in [0.1, 0.15) is 10.4 Å². The van der Waals surface area contributed by atoms with E-state index in [9.17, 15) is 4.79 Å². The van der Waals surface area contributed by atoms with Gasteiger partial charge >= 0.3 is 0 Å². The first-order valence-electron chi connectivity index (χ1n) is 3.98. The van der Waals surface area contributed by atoms with Crippen molar-refractivity contribution in [3.05, 3.63) is 34.3 Å². The summed E-state index contributed by atoms with van der Waals surface area (Å²) in [5, 5.41) is 8.09. The molecule has 1 aromatic carbocycles. The number of benzene rings is 1. The van der Waals surface area contributed by atoms with Crippen LogP contribution in [0.2, 0.25) is 5.02 Å². The van der Waals surface area contributed by atoms with Gasteiger partial charge in [0.25, 0.3) is 0 Å². The first-order chi connectivity index (χ1) is 7.29. The Morgan fingerprint density at radius 2 is 2.33 bits per heavy atom. The van der Waals surface area contributed by atoms with Crippen LogP contribution in [-0.2, 0) is 0 Å². The Kier molecular flexibility index (Phi) is 3.35. The molecule has 0 N–H and O–H groups in total. The van der Waals surface area contributed by atoms with Crippen molar-refractivity contribution in [2.24, 2.45) is 0 Å². The predicted octanol–water partition coefficient (Wildman–Crippen LogP) is 3.16. The molecule has 2 aromatic rings. The molecule has 0 unspecified atom stereocenters. The van der Waals surface area contributed by atoms with E-state index in [-0.39, 0.29) is 0 Å². The first kappa shape index (κ1) is 10.6. The van der Waals surface area contributed by atoms with E-state index >= 15 is 0 Å². The summed E-state index contributed by atoms with van der Waals surface area (Å²) in [7, 11) is 0. The van der Waals surface area contributed by atoms with Crippen molar-refractivity contribution < 1.29 is 4.79 Å². The minimum atomic E-state index is 0.458. The largest absolute Gasteiger partial charge is 0.298 e. The zero-order chi connectivity index (χ0) is 10.7. The molecule has 0 saturated heterocycles. The van der Waals surface area contributed by atoms with Crippen LogP contribution in [0.25, 0.3) is 0 Å². The van der Waals surface area contributed by atoms with Crippen LogP contribution in [0.4, 0.5) is 0 Å². The lowest BCUT2D eigenvalue weighted by atomic mass is 10.2. The molecule has 0 aliphatic rings. The Bertz CT molecular complexity index is 473. The minimum Gasteiger partial charge on any atom is -0.298 e. The summed E-state index contributed by atoms with van der Waals surface area (Å²) < 4.78 is 0.852. The average molecular weight is 257 g/mol. The highest BCUT2D eigenvalue weighted by Gasteiger charge is 2.04. The van der Waals surface area contributed by atoms with Crippen LogP contribution >= 0.6 is 34.7 Å². The lowest BCUT2D eigenvalue weighted by Crippen LogP contribution is -1.82. The summed E-state index contributed by atoms with van der Waals surface area (Å²) in [6, 6.07) is 5.28. The van der Waals surface area contributed by atoms with Gasteiger partial charge in [-0.2, -0.15) is 0 Å². The van der Waals surface area contributed by atoms with E-state index < -0.39 is 0 Å². The second-order valence-electron chi connectivity index (χ2n) is 2.61. The fourth-order valence-electron chi connectivity index (χ4n) is 0.975. The number of aromatic nitrogens is 2. The molecule has 0 amide bonds. The molecule has 0 saturated carbocycles. The zero-order valence-corrected chi connectivity index (χ0v) is 9.77. The average Bonchev–Trinajstić information content (AvgIpc) is 2.71. The number of carbonyl (C=O) groups is 1. The Hall–Kier alpha value is -0.910. The van der Waals surface area contributed by atoms with Crippen molar-refractivity contribution in [2.75, 3.05) is 0 Å². The molecular formula is C9H5ClN2OS2. The van der Waals surface area contributed by atoms with E-state index in [2.05, 4.69) is 10.2 Å². The van der Waals surface area contributed by atoms with Gasteiger partial charge in [-0.3, -0.25) is 4.79 Å². The van der Waals surface area contributed by atoms with E-state index in [1.54, 1.807) is 17.6 Å². The Labute approximate surface area is 99.5 Å². The van der Waals surface area contributed by atoms with Crippen molar-refractivity contribution in [3.63, 3.8) is 0 Å². The number of hydrogen-bond acceptors (Lipinski definition) is 5. The monoisotopic (exact) mass is 256 g/mol. The molecule has 0 fully saturated rings. The molecule has 0 atom stereocenters. The lowest BCUT2D eigenvalue weighted by molar-refractivity contribution is 0.112. The molecule has 1 heterocycles. The van der Waals surface area contributed by atoms with Gasteiger partial charge in [0.1, 0.15) is 5.51 Å². The molecule has 1 aromatic heterocycles. The van der Waals surface area contributed by atoms with Crippen LogP contribution in [0, 0.1) is 0 Å². The summed E-state index contributed by atoms with van der Waals surface area (Å²) in [4.78, 5) is 11.5. The minimum absolute atomic E-state index is 0.458. The molecule has 0 spiro atoms. The van der Waals surface area contributed by atoms with Crippen molar-refractivity contribution in [3.8, 4) is 0 Å². The summed E-state index contributed by atoms with van der Waals surface area (Å²) >= 11 is 8.83. The Balaban J connectivity index is 2.23. The summed E-state index contributed by atoms with van der Waals surface area (Å²) in [5.41, 5.74) is 2.17. The molecule has 2 rings (SSSR count). The van der Waals surface area contributed by atoms with Crippen molar-refractivity contribution in [1.29, 1.82) is 0 Å². The molecule has 76 valence electrons. The lowest BCUT2D eigenvalue weighted by Gasteiger charge is -1.99. The van der Waals surface area contributed by atoms with E-state index in [1.807, 2.05) is 6.07 Å². The summed E-state index contributed by atoms with van der Waals surface area (Å²) in [6.07, 6.45) is 0.738. The van der Waals surface area contributed by atoms with Gasteiger partial charge in [-0.15, -0.1) is 10.2 Å². The predicted molar refractivity (Wildman–Crippen MR) is 60.9 cm³/mol. The van der Waals surface area contributed by atoms with Crippen LogP contribution in [0.15, 0.2) is 32.9 Å². The number of hydrogen-bond donors (Lipinski definition) is 0. The topological polar surface area (TPSA) is 42.9 Å². The summed E-state index contributed by atoms with van der Waals surface area (Å²) in [5.74, 6) is 0. The SMILES string of the molecule is O=Cc1ccc(Sc2nncs2)cc1Cl. The molecule has 0 aliphatic heterocycles. The third-order valence-electron chi connectivity index (χ3n) is 1.64. The maximum atomic E-state index is 10.5. The smallest absolute Gasteiger partial charge is 0.178 e. The van der Waals surface area contributed by atoms with Crippen LogP contribution in [0.3, 0.4) is 0 Å². The van der Waals surface area contributed by atoms with Crippen LogP contribution < -0.4 is 0 Å². The van der Waals surface area contributed by atoms with Crippen molar-refractivity contribution >= 4 is 41.0 Å². The van der Waals surface area contributed by atoms with E-state index in [4.69, 9.17) is 11.6 Å². The third kappa shape index (κ3) is 2.56. The van der Waals surface area contributed by atoms with Crippen molar-refractivity contribution in [2.45, 2.75) is 9.24 Å². The fraction of sp³-hybridized carbons (Fsp3) is 0. The molecule has 3 nitrogen and oxygen atoms in total. The van der Waals surface area contributed by atoms with Crippen LogP contribution in [0.5, 0.6) is 0 Å². The Morgan fingerprint density at radius 1 is 1.47 bits per heavy atom. The van der Waals surface area contributed by atoms with Crippen LogP contribution in [-0.4, -0.2) is 16.5 Å². The number of halogens is 1. The molecule has 6 heteroatoms. The standard InChI is InChI=1S/C9H5ClN2OS2/c10-8-3-7(2-1-6(8)4-13)15-9-12-11-5-14-9/h1-5H. The van der Waals surface area contributed by atoms with E-state index in [0.29, 0.717) is 10.6 Å². The zero-order valence-electron chi connectivity index (χ0n) is 7.38. The number of aldehydes is 1. The number of carbonyl (C=O) groups excluding carboxylic acids is 1. The second-order valence-corrected chi connectivity index (χ2v) is 5.17. The normalized spacial score (nSPS) is 10.2. The van der Waals surface area contributed by atoms with Gasteiger partial charge in [-0.25, -0.2) is 0 Å². The van der Waals surface area contributed by atoms with Gasteiger partial charge in [0.05, 0.1) is 5.02 Å². The fourth-order valence-corrected chi connectivity index (χ4v) is 2.76.